The Morgan fingerprint density at radius 3 is 2.33 bits per heavy atom. The second-order valence-corrected chi connectivity index (χ2v) is 5.22. The highest BCUT2D eigenvalue weighted by Gasteiger charge is 2.25. The topological polar surface area (TPSA) is 40.5 Å². The molecule has 122 valence electrons. The molecule has 0 aliphatic rings. The van der Waals surface area contributed by atoms with Crippen LogP contribution in [0.25, 0.3) is 5.69 Å². The molecule has 24 heavy (non-hydrogen) atoms. The van der Waals surface area contributed by atoms with Crippen molar-refractivity contribution >= 4 is 5.97 Å². The highest BCUT2D eigenvalue weighted by atomic mass is 16.6. The summed E-state index contributed by atoms with van der Waals surface area (Å²) >= 11 is 0. The lowest BCUT2D eigenvalue weighted by molar-refractivity contribution is -0.151. The van der Waals surface area contributed by atoms with E-state index in [9.17, 15) is 4.79 Å². The molecule has 0 amide bonds. The summed E-state index contributed by atoms with van der Waals surface area (Å²) in [5.74, 6) is 0.224. The molecule has 4 heteroatoms. The Morgan fingerprint density at radius 2 is 1.62 bits per heavy atom. The molecule has 3 rings (SSSR count). The molecule has 3 aromatic rings. The Balaban J connectivity index is 1.95. The molecule has 0 fully saturated rings. The normalized spacial score (nSPS) is 11.7. The zero-order chi connectivity index (χ0) is 16.8. The Kier molecular flexibility index (Phi) is 4.96. The van der Waals surface area contributed by atoms with Gasteiger partial charge in [-0.15, -0.1) is 0 Å². The van der Waals surface area contributed by atoms with Gasteiger partial charge in [0, 0.05) is 18.0 Å². The first kappa shape index (κ1) is 15.9. The van der Waals surface area contributed by atoms with Crippen LogP contribution >= 0.6 is 0 Å². The lowest BCUT2D eigenvalue weighted by Gasteiger charge is -2.20. The maximum absolute atomic E-state index is 12.4. The Hall–Kier alpha value is -3.01. The summed E-state index contributed by atoms with van der Waals surface area (Å²) in [5, 5.41) is 0. The molecule has 1 heterocycles. The fourth-order valence-electron chi connectivity index (χ4n) is 2.49. The summed E-state index contributed by atoms with van der Waals surface area (Å²) in [5.41, 5.74) is 1.63. The van der Waals surface area contributed by atoms with Crippen LogP contribution in [0.5, 0.6) is 5.75 Å². The second-order valence-electron chi connectivity index (χ2n) is 5.22. The van der Waals surface area contributed by atoms with Crippen molar-refractivity contribution in [3.8, 4) is 11.4 Å². The molecular formula is C20H19NO3. The van der Waals surface area contributed by atoms with Gasteiger partial charge in [-0.1, -0.05) is 42.5 Å². The average molecular weight is 321 g/mol. The van der Waals surface area contributed by atoms with Crippen molar-refractivity contribution in [2.75, 3.05) is 6.61 Å². The number of rotatable bonds is 6. The van der Waals surface area contributed by atoms with Crippen LogP contribution < -0.4 is 4.74 Å². The van der Waals surface area contributed by atoms with Crippen molar-refractivity contribution in [3.05, 3.63) is 84.7 Å². The molecular weight excluding hydrogens is 302 g/mol. The van der Waals surface area contributed by atoms with Gasteiger partial charge in [-0.3, -0.25) is 0 Å². The van der Waals surface area contributed by atoms with Crippen LogP contribution in [-0.2, 0) is 9.53 Å². The first-order valence-corrected chi connectivity index (χ1v) is 7.90. The predicted molar refractivity (Wildman–Crippen MR) is 92.2 cm³/mol. The summed E-state index contributed by atoms with van der Waals surface area (Å²) in [6.07, 6.45) is 3.07. The second kappa shape index (κ2) is 7.51. The minimum absolute atomic E-state index is 0.310. The number of carbonyl (C=O) groups is 1. The monoisotopic (exact) mass is 321 g/mol. The van der Waals surface area contributed by atoms with Crippen LogP contribution in [0.4, 0.5) is 0 Å². The molecule has 0 radical (unpaired) electrons. The molecule has 4 nitrogen and oxygen atoms in total. The van der Waals surface area contributed by atoms with Crippen molar-refractivity contribution in [1.82, 2.24) is 4.57 Å². The van der Waals surface area contributed by atoms with Gasteiger partial charge in [0.05, 0.1) is 12.3 Å². The molecule has 0 unspecified atom stereocenters. The highest BCUT2D eigenvalue weighted by Crippen LogP contribution is 2.29. The number of esters is 1. The van der Waals surface area contributed by atoms with E-state index in [-0.39, 0.29) is 0 Å². The van der Waals surface area contributed by atoms with Crippen molar-refractivity contribution in [3.63, 3.8) is 0 Å². The summed E-state index contributed by atoms with van der Waals surface area (Å²) in [6, 6.07) is 20.9. The highest BCUT2D eigenvalue weighted by molar-refractivity contribution is 5.77. The summed E-state index contributed by atoms with van der Waals surface area (Å²) in [4.78, 5) is 12.4. The molecule has 0 saturated heterocycles. The molecule has 1 aromatic heterocycles. The van der Waals surface area contributed by atoms with E-state index in [0.717, 1.165) is 11.3 Å². The fraction of sp³-hybridized carbons (Fsp3) is 0.150. The van der Waals surface area contributed by atoms with Gasteiger partial charge in [-0.25, -0.2) is 4.79 Å². The Labute approximate surface area is 141 Å². The maximum atomic E-state index is 12.4. The standard InChI is InChI=1S/C20H19NO3/c1-2-23-20(22)19(16-10-4-3-5-11-16)24-18-13-7-6-12-17(18)21-14-8-9-15-21/h3-15,19H,2H2,1H3/t19-/m0/s1. The van der Waals surface area contributed by atoms with Crippen LogP contribution in [0.1, 0.15) is 18.6 Å². The Morgan fingerprint density at radius 1 is 0.958 bits per heavy atom. The number of benzene rings is 2. The largest absolute Gasteiger partial charge is 0.472 e. The van der Waals surface area contributed by atoms with Gasteiger partial charge in [0.2, 0.25) is 6.10 Å². The first-order chi connectivity index (χ1) is 11.8. The van der Waals surface area contributed by atoms with Crippen LogP contribution in [0.15, 0.2) is 79.1 Å². The number of hydrogen-bond acceptors (Lipinski definition) is 3. The van der Waals surface area contributed by atoms with Crippen LogP contribution in [0.3, 0.4) is 0 Å². The van der Waals surface area contributed by atoms with E-state index in [4.69, 9.17) is 9.47 Å². The molecule has 0 aliphatic heterocycles. The van der Waals surface area contributed by atoms with Crippen LogP contribution in [0, 0.1) is 0 Å². The summed E-state index contributed by atoms with van der Waals surface area (Å²) in [6.45, 7) is 2.10. The first-order valence-electron chi connectivity index (χ1n) is 7.90. The van der Waals surface area contributed by atoms with E-state index < -0.39 is 12.1 Å². The number of ether oxygens (including phenoxy) is 2. The van der Waals surface area contributed by atoms with Gasteiger partial charge < -0.3 is 14.0 Å². The zero-order valence-corrected chi connectivity index (χ0v) is 13.5. The molecule has 0 N–H and O–H groups in total. The smallest absolute Gasteiger partial charge is 0.352 e. The number of nitrogens with zero attached hydrogens (tertiary/aromatic N) is 1. The zero-order valence-electron chi connectivity index (χ0n) is 13.5. The van der Waals surface area contributed by atoms with Crippen LogP contribution in [0.2, 0.25) is 0 Å². The van der Waals surface area contributed by atoms with Gasteiger partial charge in [0.1, 0.15) is 5.75 Å². The lowest BCUT2D eigenvalue weighted by atomic mass is 10.1. The van der Waals surface area contributed by atoms with Crippen molar-refractivity contribution in [2.45, 2.75) is 13.0 Å². The molecule has 0 saturated carbocycles. The fourth-order valence-corrected chi connectivity index (χ4v) is 2.49. The van der Waals surface area contributed by atoms with Gasteiger partial charge in [-0.05, 0) is 31.2 Å². The molecule has 2 aromatic carbocycles. The molecule has 0 bridgehead atoms. The van der Waals surface area contributed by atoms with Gasteiger partial charge in [-0.2, -0.15) is 0 Å². The Bertz CT molecular complexity index is 782. The van der Waals surface area contributed by atoms with Crippen molar-refractivity contribution in [2.24, 2.45) is 0 Å². The average Bonchev–Trinajstić information content (AvgIpc) is 3.15. The van der Waals surface area contributed by atoms with E-state index >= 15 is 0 Å². The molecule has 1 atom stereocenters. The van der Waals surface area contributed by atoms with E-state index in [1.54, 1.807) is 6.92 Å². The number of aromatic nitrogens is 1. The third kappa shape index (κ3) is 3.49. The maximum Gasteiger partial charge on any atom is 0.352 e. The number of carbonyl (C=O) groups excluding carboxylic acids is 1. The van der Waals surface area contributed by atoms with Gasteiger partial charge in [0.15, 0.2) is 0 Å². The van der Waals surface area contributed by atoms with E-state index in [1.807, 2.05) is 83.7 Å². The minimum atomic E-state index is -0.803. The van der Waals surface area contributed by atoms with E-state index in [2.05, 4.69) is 0 Å². The quantitative estimate of drug-likeness (QED) is 0.640. The SMILES string of the molecule is CCOC(=O)[C@@H](Oc1ccccc1-n1cccc1)c1ccccc1. The third-order valence-corrected chi connectivity index (χ3v) is 3.60. The lowest BCUT2D eigenvalue weighted by Crippen LogP contribution is -2.22. The van der Waals surface area contributed by atoms with Gasteiger partial charge >= 0.3 is 5.97 Å². The van der Waals surface area contributed by atoms with Crippen molar-refractivity contribution < 1.29 is 14.3 Å². The van der Waals surface area contributed by atoms with Crippen molar-refractivity contribution in [1.29, 1.82) is 0 Å². The van der Waals surface area contributed by atoms with E-state index in [1.165, 1.54) is 0 Å². The number of hydrogen-bond donors (Lipinski definition) is 0. The van der Waals surface area contributed by atoms with E-state index in [0.29, 0.717) is 12.4 Å². The minimum Gasteiger partial charge on any atom is -0.472 e. The van der Waals surface area contributed by atoms with Crippen LogP contribution in [-0.4, -0.2) is 17.1 Å². The third-order valence-electron chi connectivity index (χ3n) is 3.60. The van der Waals surface area contributed by atoms with Gasteiger partial charge in [0.25, 0.3) is 0 Å². The molecule has 0 spiro atoms. The number of para-hydroxylation sites is 2. The molecule has 0 aliphatic carbocycles. The predicted octanol–water partition coefficient (Wildman–Crippen LogP) is 4.16. The summed E-state index contributed by atoms with van der Waals surface area (Å²) < 4.78 is 13.2. The summed E-state index contributed by atoms with van der Waals surface area (Å²) in [7, 11) is 0.